The van der Waals surface area contributed by atoms with Crippen molar-refractivity contribution in [2.24, 2.45) is 5.92 Å². The third-order valence-electron chi connectivity index (χ3n) is 4.64. The van der Waals surface area contributed by atoms with Crippen LogP contribution in [0.3, 0.4) is 0 Å². The Balaban J connectivity index is 1.78. The Bertz CT molecular complexity index is 962. The van der Waals surface area contributed by atoms with Crippen LogP contribution in [0.15, 0.2) is 73.1 Å². The van der Waals surface area contributed by atoms with Gasteiger partial charge < -0.3 is 4.57 Å². The number of rotatable bonds is 9. The molecule has 1 unspecified atom stereocenters. The second kappa shape index (κ2) is 9.04. The van der Waals surface area contributed by atoms with Gasteiger partial charge in [-0.15, -0.1) is 0 Å². The van der Waals surface area contributed by atoms with Gasteiger partial charge in [-0.2, -0.15) is 0 Å². The third kappa shape index (κ3) is 4.88. The second-order valence-electron chi connectivity index (χ2n) is 6.80. The number of hydrogen-bond donors (Lipinski definition) is 0. The summed E-state index contributed by atoms with van der Waals surface area (Å²) in [5, 5.41) is 0. The summed E-state index contributed by atoms with van der Waals surface area (Å²) in [6.07, 6.45) is 3.64. The van der Waals surface area contributed by atoms with E-state index in [-0.39, 0.29) is 12.2 Å². The Morgan fingerprint density at radius 2 is 1.54 bits per heavy atom. The quantitative estimate of drug-likeness (QED) is 0.424. The average molecular weight is 374 g/mol. The van der Waals surface area contributed by atoms with E-state index in [2.05, 4.69) is 4.98 Å². The van der Waals surface area contributed by atoms with Crippen molar-refractivity contribution in [3.63, 3.8) is 0 Å². The predicted octanol–water partition coefficient (Wildman–Crippen LogP) is 3.52. The van der Waals surface area contributed by atoms with Gasteiger partial charge in [0.05, 0.1) is 0 Å². The van der Waals surface area contributed by atoms with Crippen LogP contribution in [0.5, 0.6) is 0 Å². The maximum atomic E-state index is 12.9. The first-order valence-electron chi connectivity index (χ1n) is 9.21. The molecule has 0 saturated heterocycles. The van der Waals surface area contributed by atoms with Crippen LogP contribution in [0.25, 0.3) is 0 Å². The standard InChI is InChI=1S/C23H22N2O3/c1-17(26)22(28)20(14-18-8-4-2-5-9-18)15-21(27)23-24-12-13-25(23)16-19-10-6-3-7-11-19/h2-13,20H,14-16H2,1H3. The van der Waals surface area contributed by atoms with Crippen LogP contribution in [0.1, 0.15) is 35.1 Å². The highest BCUT2D eigenvalue weighted by atomic mass is 16.2. The first kappa shape index (κ1) is 19.4. The normalized spacial score (nSPS) is 11.8. The van der Waals surface area contributed by atoms with E-state index in [1.807, 2.05) is 60.7 Å². The number of carbonyl (C=O) groups excluding carboxylic acids is 3. The van der Waals surface area contributed by atoms with Crippen molar-refractivity contribution in [1.82, 2.24) is 9.55 Å². The summed E-state index contributed by atoms with van der Waals surface area (Å²) < 4.78 is 1.77. The molecule has 1 atom stereocenters. The number of aromatic nitrogens is 2. The highest BCUT2D eigenvalue weighted by Crippen LogP contribution is 2.18. The van der Waals surface area contributed by atoms with Crippen LogP contribution in [0, 0.1) is 5.92 Å². The Kier molecular flexibility index (Phi) is 6.27. The van der Waals surface area contributed by atoms with Crippen molar-refractivity contribution in [3.05, 3.63) is 90.0 Å². The van der Waals surface area contributed by atoms with Crippen molar-refractivity contribution in [3.8, 4) is 0 Å². The van der Waals surface area contributed by atoms with Gasteiger partial charge in [-0.05, 0) is 17.5 Å². The molecule has 1 heterocycles. The summed E-state index contributed by atoms with van der Waals surface area (Å²) in [5.74, 6) is -1.66. The fourth-order valence-electron chi connectivity index (χ4n) is 3.23. The van der Waals surface area contributed by atoms with Crippen molar-refractivity contribution in [1.29, 1.82) is 0 Å². The van der Waals surface area contributed by atoms with E-state index >= 15 is 0 Å². The zero-order valence-electron chi connectivity index (χ0n) is 15.7. The van der Waals surface area contributed by atoms with Gasteiger partial charge in [0, 0.05) is 38.2 Å². The molecule has 142 valence electrons. The first-order valence-corrected chi connectivity index (χ1v) is 9.21. The molecule has 0 spiro atoms. The minimum absolute atomic E-state index is 0.0425. The van der Waals surface area contributed by atoms with Gasteiger partial charge in [0.1, 0.15) is 0 Å². The molecule has 0 fully saturated rings. The van der Waals surface area contributed by atoms with Gasteiger partial charge in [0.25, 0.3) is 0 Å². The lowest BCUT2D eigenvalue weighted by Crippen LogP contribution is -2.27. The summed E-state index contributed by atoms with van der Waals surface area (Å²) in [7, 11) is 0. The minimum Gasteiger partial charge on any atom is -0.324 e. The van der Waals surface area contributed by atoms with Crippen molar-refractivity contribution >= 4 is 17.3 Å². The van der Waals surface area contributed by atoms with Crippen LogP contribution in [0.2, 0.25) is 0 Å². The summed E-state index contributed by atoms with van der Waals surface area (Å²) >= 11 is 0. The minimum atomic E-state index is -0.686. The van der Waals surface area contributed by atoms with Crippen LogP contribution in [-0.4, -0.2) is 26.9 Å². The summed E-state index contributed by atoms with van der Waals surface area (Å²) in [6, 6.07) is 19.2. The van der Waals surface area contributed by atoms with Gasteiger partial charge in [-0.25, -0.2) is 4.98 Å². The second-order valence-corrected chi connectivity index (χ2v) is 6.80. The maximum Gasteiger partial charge on any atom is 0.201 e. The van der Waals surface area contributed by atoms with E-state index < -0.39 is 17.5 Å². The monoisotopic (exact) mass is 374 g/mol. The van der Waals surface area contributed by atoms with Crippen LogP contribution in [-0.2, 0) is 22.6 Å². The number of carbonyl (C=O) groups is 3. The molecule has 3 rings (SSSR count). The highest BCUT2D eigenvalue weighted by molar-refractivity contribution is 6.37. The number of hydrogen-bond acceptors (Lipinski definition) is 4. The van der Waals surface area contributed by atoms with E-state index in [9.17, 15) is 14.4 Å². The fraction of sp³-hybridized carbons (Fsp3) is 0.217. The van der Waals surface area contributed by atoms with Crippen LogP contribution in [0.4, 0.5) is 0 Å². The molecule has 5 nitrogen and oxygen atoms in total. The number of imidazole rings is 1. The molecule has 0 aliphatic carbocycles. The molecule has 0 aliphatic heterocycles. The molecule has 5 heteroatoms. The molecule has 1 aromatic heterocycles. The molecule has 3 aromatic rings. The van der Waals surface area contributed by atoms with Gasteiger partial charge >= 0.3 is 0 Å². The zero-order chi connectivity index (χ0) is 19.9. The number of benzene rings is 2. The highest BCUT2D eigenvalue weighted by Gasteiger charge is 2.27. The molecule has 0 saturated carbocycles. The van der Waals surface area contributed by atoms with Crippen LogP contribution >= 0.6 is 0 Å². The lowest BCUT2D eigenvalue weighted by Gasteiger charge is -2.14. The fourth-order valence-corrected chi connectivity index (χ4v) is 3.23. The Labute approximate surface area is 164 Å². The van der Waals surface area contributed by atoms with Crippen molar-refractivity contribution < 1.29 is 14.4 Å². The van der Waals surface area contributed by atoms with Crippen LogP contribution < -0.4 is 0 Å². The number of nitrogens with zero attached hydrogens (tertiary/aromatic N) is 2. The zero-order valence-corrected chi connectivity index (χ0v) is 15.7. The van der Waals surface area contributed by atoms with E-state index in [1.165, 1.54) is 6.92 Å². The number of Topliss-reactive ketones (excluding diaryl/α,β-unsaturated/α-hetero) is 3. The van der Waals surface area contributed by atoms with Gasteiger partial charge in [0.2, 0.25) is 5.78 Å². The molecule has 2 aromatic carbocycles. The van der Waals surface area contributed by atoms with E-state index in [1.54, 1.807) is 17.0 Å². The molecule has 0 bridgehead atoms. The van der Waals surface area contributed by atoms with Gasteiger partial charge in [-0.3, -0.25) is 14.4 Å². The Morgan fingerprint density at radius 1 is 0.929 bits per heavy atom. The molecular weight excluding hydrogens is 352 g/mol. The number of ketones is 3. The van der Waals surface area contributed by atoms with Gasteiger partial charge in [0.15, 0.2) is 17.4 Å². The summed E-state index contributed by atoms with van der Waals surface area (Å²) in [6.45, 7) is 1.77. The molecular formula is C23H22N2O3. The van der Waals surface area contributed by atoms with E-state index in [0.29, 0.717) is 18.8 Å². The molecule has 28 heavy (non-hydrogen) atoms. The average Bonchev–Trinajstić information content (AvgIpc) is 3.16. The Morgan fingerprint density at radius 3 is 2.14 bits per heavy atom. The summed E-state index contributed by atoms with van der Waals surface area (Å²) in [5.41, 5.74) is 1.97. The van der Waals surface area contributed by atoms with Gasteiger partial charge in [-0.1, -0.05) is 60.7 Å². The smallest absolute Gasteiger partial charge is 0.201 e. The molecule has 0 radical (unpaired) electrons. The SMILES string of the molecule is CC(=O)C(=O)C(CC(=O)c1nccn1Cc1ccccc1)Cc1ccccc1. The third-order valence-corrected chi connectivity index (χ3v) is 4.64. The lowest BCUT2D eigenvalue weighted by molar-refractivity contribution is -0.137. The largest absolute Gasteiger partial charge is 0.324 e. The first-order chi connectivity index (χ1) is 13.5. The van der Waals surface area contributed by atoms with E-state index in [0.717, 1.165) is 11.1 Å². The van der Waals surface area contributed by atoms with E-state index in [4.69, 9.17) is 0 Å². The predicted molar refractivity (Wildman–Crippen MR) is 106 cm³/mol. The Hall–Kier alpha value is -3.34. The van der Waals surface area contributed by atoms with Crippen molar-refractivity contribution in [2.75, 3.05) is 0 Å². The summed E-state index contributed by atoms with van der Waals surface area (Å²) in [4.78, 5) is 41.2. The van der Waals surface area contributed by atoms with Crippen molar-refractivity contribution in [2.45, 2.75) is 26.3 Å². The maximum absolute atomic E-state index is 12.9. The molecule has 0 aliphatic rings. The molecule has 0 amide bonds. The topological polar surface area (TPSA) is 69.0 Å². The molecule has 0 N–H and O–H groups in total. The lowest BCUT2D eigenvalue weighted by atomic mass is 9.89.